The van der Waals surface area contributed by atoms with E-state index in [9.17, 15) is 18.0 Å². The number of aromatic nitrogens is 1. The van der Waals surface area contributed by atoms with Gasteiger partial charge in [0, 0.05) is 12.7 Å². The maximum atomic E-state index is 13.4. The van der Waals surface area contributed by atoms with Gasteiger partial charge in [0.05, 0.1) is 30.8 Å². The van der Waals surface area contributed by atoms with E-state index in [2.05, 4.69) is 5.32 Å². The number of hydrogen-bond acceptors (Lipinski definition) is 5. The first-order valence-corrected chi connectivity index (χ1v) is 12.6. The number of anilines is 2. The van der Waals surface area contributed by atoms with Crippen molar-refractivity contribution >= 4 is 72.1 Å². The number of fused-ring (bicyclic) bond motifs is 1. The molecule has 0 saturated heterocycles. The molecule has 0 fully saturated rings. The van der Waals surface area contributed by atoms with E-state index in [4.69, 9.17) is 23.2 Å². The molecule has 1 aromatic heterocycles. The molecule has 11 heteroatoms. The van der Waals surface area contributed by atoms with Gasteiger partial charge < -0.3 is 9.88 Å². The topological polar surface area (TPSA) is 88.5 Å². The number of carbonyl (C=O) groups is 1. The Morgan fingerprint density at radius 1 is 1.06 bits per heavy atom. The van der Waals surface area contributed by atoms with Gasteiger partial charge in [-0.2, -0.15) is 0 Å². The summed E-state index contributed by atoms with van der Waals surface area (Å²) in [7, 11) is -2.46. The number of benzene rings is 3. The summed E-state index contributed by atoms with van der Waals surface area (Å²) in [4.78, 5) is 24.7. The zero-order valence-corrected chi connectivity index (χ0v) is 20.3. The first-order chi connectivity index (χ1) is 15.7. The highest BCUT2D eigenvalue weighted by Gasteiger charge is 2.29. The van der Waals surface area contributed by atoms with Gasteiger partial charge in [0.1, 0.15) is 6.54 Å². The molecule has 3 aromatic carbocycles. The van der Waals surface area contributed by atoms with Crippen LogP contribution in [0, 0.1) is 0 Å². The summed E-state index contributed by atoms with van der Waals surface area (Å²) in [5.74, 6) is -0.590. The van der Waals surface area contributed by atoms with Crippen LogP contribution < -0.4 is 14.5 Å². The van der Waals surface area contributed by atoms with Crippen LogP contribution in [0.25, 0.3) is 10.2 Å². The predicted molar refractivity (Wildman–Crippen MR) is 133 cm³/mol. The van der Waals surface area contributed by atoms with E-state index in [-0.39, 0.29) is 25.5 Å². The number of hydrogen-bond donors (Lipinski definition) is 1. The van der Waals surface area contributed by atoms with Crippen LogP contribution in [0.3, 0.4) is 0 Å². The number of nitrogens with zero attached hydrogens (tertiary/aromatic N) is 2. The molecule has 0 aliphatic carbocycles. The minimum Gasteiger partial charge on any atom is -0.324 e. The lowest BCUT2D eigenvalue weighted by molar-refractivity contribution is -0.114. The summed E-state index contributed by atoms with van der Waals surface area (Å²) in [6, 6.07) is 17.3. The van der Waals surface area contributed by atoms with Gasteiger partial charge in [0.15, 0.2) is 0 Å². The molecule has 0 aliphatic rings. The molecule has 1 N–H and O–H groups in total. The molecule has 1 heterocycles. The molecule has 7 nitrogen and oxygen atoms in total. The number of nitrogens with one attached hydrogen (secondary N) is 1. The maximum Gasteiger partial charge on any atom is 0.307 e. The number of carbonyl (C=O) groups excluding carboxylic acids is 1. The second kappa shape index (κ2) is 9.18. The van der Waals surface area contributed by atoms with Crippen LogP contribution in [-0.4, -0.2) is 25.4 Å². The van der Waals surface area contributed by atoms with Crippen molar-refractivity contribution in [2.75, 3.05) is 16.2 Å². The lowest BCUT2D eigenvalue weighted by atomic mass is 10.3. The van der Waals surface area contributed by atoms with Crippen LogP contribution in [0.15, 0.2) is 76.4 Å². The largest absolute Gasteiger partial charge is 0.324 e. The Hall–Kier alpha value is -2.85. The van der Waals surface area contributed by atoms with Crippen molar-refractivity contribution in [1.82, 2.24) is 4.57 Å². The third-order valence-electron chi connectivity index (χ3n) is 4.89. The number of thiazole rings is 1. The maximum absolute atomic E-state index is 13.4. The Bertz CT molecular complexity index is 1520. The Labute approximate surface area is 203 Å². The summed E-state index contributed by atoms with van der Waals surface area (Å²) < 4.78 is 30.0. The van der Waals surface area contributed by atoms with Crippen LogP contribution in [0.4, 0.5) is 11.4 Å². The quantitative estimate of drug-likeness (QED) is 0.396. The molecule has 0 unspecified atom stereocenters. The lowest BCUT2D eigenvalue weighted by Gasteiger charge is -2.25. The standard InChI is InChI=1S/C22H17Cl2N3O4S2/c1-26-17-11-10-14(12-19(17)32-22(26)29)25-20(28)13-27(18-9-5-8-16(23)21(18)24)33(30,31)15-6-3-2-4-7-15/h2-12H,13H2,1H3,(H,25,28). The van der Waals surface area contributed by atoms with Gasteiger partial charge in [-0.25, -0.2) is 8.42 Å². The number of halogens is 2. The van der Waals surface area contributed by atoms with E-state index in [1.165, 1.54) is 28.8 Å². The van der Waals surface area contributed by atoms with Crippen molar-refractivity contribution in [3.8, 4) is 0 Å². The zero-order chi connectivity index (χ0) is 23.8. The van der Waals surface area contributed by atoms with Crippen molar-refractivity contribution in [2.45, 2.75) is 4.90 Å². The molecule has 4 rings (SSSR count). The molecule has 0 spiro atoms. The highest BCUT2D eigenvalue weighted by Crippen LogP contribution is 2.35. The van der Waals surface area contributed by atoms with Crippen LogP contribution >= 0.6 is 34.5 Å². The third-order valence-corrected chi connectivity index (χ3v) is 8.47. The average molecular weight is 522 g/mol. The van der Waals surface area contributed by atoms with Crippen molar-refractivity contribution in [1.29, 1.82) is 0 Å². The van der Waals surface area contributed by atoms with Crippen LogP contribution in [0.5, 0.6) is 0 Å². The fraction of sp³-hybridized carbons (Fsp3) is 0.0909. The lowest BCUT2D eigenvalue weighted by Crippen LogP contribution is -2.38. The smallest absolute Gasteiger partial charge is 0.307 e. The van der Waals surface area contributed by atoms with Crippen LogP contribution in [-0.2, 0) is 21.9 Å². The van der Waals surface area contributed by atoms with Crippen molar-refractivity contribution in [2.24, 2.45) is 7.05 Å². The first kappa shape index (κ1) is 23.3. The van der Waals surface area contributed by atoms with E-state index < -0.39 is 22.5 Å². The highest BCUT2D eigenvalue weighted by atomic mass is 35.5. The molecular weight excluding hydrogens is 505 g/mol. The van der Waals surface area contributed by atoms with Crippen LogP contribution in [0.1, 0.15) is 0 Å². The summed E-state index contributed by atoms with van der Waals surface area (Å²) in [6.45, 7) is -0.541. The molecule has 0 bridgehead atoms. The first-order valence-electron chi connectivity index (χ1n) is 9.60. The molecule has 1 amide bonds. The van der Waals surface area contributed by atoms with Crippen molar-refractivity contribution in [3.05, 3.63) is 86.4 Å². The molecule has 0 atom stereocenters. The molecule has 0 saturated carbocycles. The molecule has 0 aliphatic heterocycles. The molecule has 0 radical (unpaired) electrons. The summed E-state index contributed by atoms with van der Waals surface area (Å²) in [6.07, 6.45) is 0. The van der Waals surface area contributed by atoms with Gasteiger partial charge >= 0.3 is 4.87 Å². The summed E-state index contributed by atoms with van der Waals surface area (Å²) >= 11 is 13.5. The Morgan fingerprint density at radius 2 is 1.79 bits per heavy atom. The van der Waals surface area contributed by atoms with Gasteiger partial charge in [-0.1, -0.05) is 58.8 Å². The minimum atomic E-state index is -4.13. The van der Waals surface area contributed by atoms with E-state index in [0.29, 0.717) is 10.4 Å². The second-order valence-electron chi connectivity index (χ2n) is 7.06. The molecule has 33 heavy (non-hydrogen) atoms. The van der Waals surface area contributed by atoms with E-state index in [1.54, 1.807) is 49.5 Å². The monoisotopic (exact) mass is 521 g/mol. The van der Waals surface area contributed by atoms with E-state index in [1.807, 2.05) is 0 Å². The zero-order valence-electron chi connectivity index (χ0n) is 17.2. The number of rotatable bonds is 6. The molecular formula is C22H17Cl2N3O4S2. The fourth-order valence-electron chi connectivity index (χ4n) is 3.25. The highest BCUT2D eigenvalue weighted by molar-refractivity contribution is 7.92. The minimum absolute atomic E-state index is 0.00400. The van der Waals surface area contributed by atoms with Gasteiger partial charge in [-0.3, -0.25) is 13.9 Å². The SMILES string of the molecule is Cn1c(=O)sc2cc(NC(=O)CN(c3cccc(Cl)c3Cl)S(=O)(=O)c3ccccc3)ccc21. The van der Waals surface area contributed by atoms with Crippen molar-refractivity contribution in [3.63, 3.8) is 0 Å². The number of amides is 1. The summed E-state index contributed by atoms with van der Waals surface area (Å²) in [5.41, 5.74) is 1.26. The fourth-order valence-corrected chi connectivity index (χ4v) is 6.07. The van der Waals surface area contributed by atoms with Crippen LogP contribution in [0.2, 0.25) is 10.0 Å². The Kier molecular flexibility index (Phi) is 6.49. The number of sulfonamides is 1. The second-order valence-corrected chi connectivity index (χ2v) is 10.7. The van der Waals surface area contributed by atoms with Gasteiger partial charge in [-0.15, -0.1) is 0 Å². The van der Waals surface area contributed by atoms with Gasteiger partial charge in [0.25, 0.3) is 10.0 Å². The third kappa shape index (κ3) is 4.63. The molecule has 170 valence electrons. The van der Waals surface area contributed by atoms with Gasteiger partial charge in [0.2, 0.25) is 5.91 Å². The average Bonchev–Trinajstić information content (AvgIpc) is 3.07. The van der Waals surface area contributed by atoms with Crippen molar-refractivity contribution < 1.29 is 13.2 Å². The van der Waals surface area contributed by atoms with Gasteiger partial charge in [-0.05, 0) is 42.5 Å². The normalized spacial score (nSPS) is 11.5. The van der Waals surface area contributed by atoms with E-state index in [0.717, 1.165) is 21.2 Å². The van der Waals surface area contributed by atoms with E-state index >= 15 is 0 Å². The Morgan fingerprint density at radius 3 is 2.52 bits per heavy atom. The summed E-state index contributed by atoms with van der Waals surface area (Å²) in [5, 5.41) is 2.87. The Balaban J connectivity index is 1.68. The number of aryl methyl sites for hydroxylation is 1. The molecule has 4 aromatic rings. The predicted octanol–water partition coefficient (Wildman–Crippen LogP) is 4.74.